The van der Waals surface area contributed by atoms with Crippen molar-refractivity contribution < 1.29 is 4.74 Å². The van der Waals surface area contributed by atoms with Gasteiger partial charge in [-0.1, -0.05) is 31.2 Å². The Labute approximate surface area is 139 Å². The van der Waals surface area contributed by atoms with Crippen LogP contribution in [0.1, 0.15) is 44.2 Å². The van der Waals surface area contributed by atoms with Crippen LogP contribution in [-0.4, -0.2) is 37.3 Å². The molecule has 0 aromatic heterocycles. The van der Waals surface area contributed by atoms with Gasteiger partial charge in [0.15, 0.2) is 5.96 Å². The molecular formula is C19H29N3O. The lowest BCUT2D eigenvalue weighted by molar-refractivity contribution is 0.0992. The fraction of sp³-hybridized carbons (Fsp3) is 0.632. The van der Waals surface area contributed by atoms with Gasteiger partial charge in [0.1, 0.15) is 0 Å². The molecule has 3 atom stereocenters. The SMILES string of the molecule is CCNC(=NCCc1ccc(CC)cc1)NC1CC2CCC1O2. The Morgan fingerprint density at radius 1 is 1.17 bits per heavy atom. The molecule has 0 aliphatic carbocycles. The fourth-order valence-electron chi connectivity index (χ4n) is 3.52. The zero-order valence-electron chi connectivity index (χ0n) is 14.3. The minimum atomic E-state index is 0.380. The predicted octanol–water partition coefficient (Wildman–Crippen LogP) is 2.67. The first kappa shape index (κ1) is 16.3. The largest absolute Gasteiger partial charge is 0.373 e. The van der Waals surface area contributed by atoms with Gasteiger partial charge in [0, 0.05) is 13.1 Å². The van der Waals surface area contributed by atoms with Gasteiger partial charge in [-0.2, -0.15) is 0 Å². The molecule has 126 valence electrons. The number of nitrogens with one attached hydrogen (secondary N) is 2. The molecule has 4 heteroatoms. The van der Waals surface area contributed by atoms with Gasteiger partial charge in [0.2, 0.25) is 0 Å². The van der Waals surface area contributed by atoms with E-state index in [9.17, 15) is 0 Å². The number of nitrogens with zero attached hydrogens (tertiary/aromatic N) is 1. The van der Waals surface area contributed by atoms with Crippen LogP contribution in [0, 0.1) is 0 Å². The molecule has 2 fully saturated rings. The van der Waals surface area contributed by atoms with E-state index < -0.39 is 0 Å². The quantitative estimate of drug-likeness (QED) is 0.627. The van der Waals surface area contributed by atoms with E-state index in [4.69, 9.17) is 9.73 Å². The van der Waals surface area contributed by atoms with E-state index in [1.54, 1.807) is 0 Å². The van der Waals surface area contributed by atoms with E-state index in [1.165, 1.54) is 24.0 Å². The maximum Gasteiger partial charge on any atom is 0.191 e. The molecule has 0 amide bonds. The van der Waals surface area contributed by atoms with Gasteiger partial charge in [-0.3, -0.25) is 4.99 Å². The number of benzene rings is 1. The van der Waals surface area contributed by atoms with Gasteiger partial charge in [0.05, 0.1) is 18.2 Å². The molecule has 2 aliphatic rings. The Morgan fingerprint density at radius 2 is 1.96 bits per heavy atom. The number of hydrogen-bond donors (Lipinski definition) is 2. The van der Waals surface area contributed by atoms with Crippen molar-refractivity contribution in [2.75, 3.05) is 13.1 Å². The molecule has 4 nitrogen and oxygen atoms in total. The summed E-state index contributed by atoms with van der Waals surface area (Å²) in [6.45, 7) is 5.99. The number of aryl methyl sites for hydroxylation is 1. The van der Waals surface area contributed by atoms with E-state index in [0.717, 1.165) is 38.3 Å². The average molecular weight is 315 g/mol. The van der Waals surface area contributed by atoms with E-state index in [2.05, 4.69) is 48.7 Å². The summed E-state index contributed by atoms with van der Waals surface area (Å²) in [5.74, 6) is 0.929. The first-order valence-electron chi connectivity index (χ1n) is 9.06. The summed E-state index contributed by atoms with van der Waals surface area (Å²) in [5.41, 5.74) is 2.74. The molecule has 0 saturated carbocycles. The normalized spacial score (nSPS) is 26.5. The third-order valence-electron chi connectivity index (χ3n) is 4.87. The highest BCUT2D eigenvalue weighted by atomic mass is 16.5. The zero-order chi connectivity index (χ0) is 16.1. The number of ether oxygens (including phenoxy) is 1. The fourth-order valence-corrected chi connectivity index (χ4v) is 3.52. The summed E-state index contributed by atoms with van der Waals surface area (Å²) in [6, 6.07) is 9.30. The third kappa shape index (κ3) is 4.25. The smallest absolute Gasteiger partial charge is 0.191 e. The summed E-state index contributed by atoms with van der Waals surface area (Å²) in [5, 5.41) is 6.92. The summed E-state index contributed by atoms with van der Waals surface area (Å²) >= 11 is 0. The monoisotopic (exact) mass is 315 g/mol. The first-order chi connectivity index (χ1) is 11.3. The molecule has 2 aliphatic heterocycles. The Balaban J connectivity index is 1.51. The van der Waals surface area contributed by atoms with Crippen molar-refractivity contribution in [1.82, 2.24) is 10.6 Å². The van der Waals surface area contributed by atoms with Crippen LogP contribution < -0.4 is 10.6 Å². The Hall–Kier alpha value is -1.55. The Bertz CT molecular complexity index is 526. The number of aliphatic imine (C=N–C) groups is 1. The molecule has 2 bridgehead atoms. The van der Waals surface area contributed by atoms with E-state index in [1.807, 2.05) is 0 Å². The highest BCUT2D eigenvalue weighted by molar-refractivity contribution is 5.80. The zero-order valence-corrected chi connectivity index (χ0v) is 14.3. The predicted molar refractivity (Wildman–Crippen MR) is 94.9 cm³/mol. The Morgan fingerprint density at radius 3 is 2.57 bits per heavy atom. The van der Waals surface area contributed by atoms with Crippen molar-refractivity contribution in [3.63, 3.8) is 0 Å². The molecule has 2 heterocycles. The van der Waals surface area contributed by atoms with Gasteiger partial charge in [-0.15, -0.1) is 0 Å². The van der Waals surface area contributed by atoms with Crippen molar-refractivity contribution in [3.8, 4) is 0 Å². The van der Waals surface area contributed by atoms with Crippen LogP contribution in [0.5, 0.6) is 0 Å². The maximum absolute atomic E-state index is 5.91. The van der Waals surface area contributed by atoms with Gasteiger partial charge in [0.25, 0.3) is 0 Å². The number of fused-ring (bicyclic) bond motifs is 2. The standard InChI is InChI=1S/C19H29N3O/c1-3-14-5-7-15(8-6-14)11-12-21-19(20-4-2)22-17-13-16-9-10-18(17)23-16/h5-8,16-18H,3-4,9-13H2,1-2H3,(H2,20,21,22). The minimum absolute atomic E-state index is 0.380. The molecule has 23 heavy (non-hydrogen) atoms. The van der Waals surface area contributed by atoms with Gasteiger partial charge < -0.3 is 15.4 Å². The van der Waals surface area contributed by atoms with Crippen molar-refractivity contribution in [1.29, 1.82) is 0 Å². The van der Waals surface area contributed by atoms with Crippen LogP contribution in [-0.2, 0) is 17.6 Å². The van der Waals surface area contributed by atoms with Crippen molar-refractivity contribution >= 4 is 5.96 Å². The molecule has 3 rings (SSSR count). The molecule has 2 N–H and O–H groups in total. The molecular weight excluding hydrogens is 286 g/mol. The third-order valence-corrected chi connectivity index (χ3v) is 4.87. The van der Waals surface area contributed by atoms with Crippen molar-refractivity contribution in [3.05, 3.63) is 35.4 Å². The van der Waals surface area contributed by atoms with E-state index in [0.29, 0.717) is 18.2 Å². The molecule has 3 unspecified atom stereocenters. The number of guanidine groups is 1. The summed E-state index contributed by atoms with van der Waals surface area (Å²) in [4.78, 5) is 4.74. The van der Waals surface area contributed by atoms with Crippen LogP contribution in [0.2, 0.25) is 0 Å². The second-order valence-electron chi connectivity index (χ2n) is 6.54. The summed E-state index contributed by atoms with van der Waals surface area (Å²) in [7, 11) is 0. The Kier molecular flexibility index (Phi) is 5.55. The summed E-state index contributed by atoms with van der Waals surface area (Å²) in [6.07, 6.45) is 6.46. The lowest BCUT2D eigenvalue weighted by Gasteiger charge is -2.22. The maximum atomic E-state index is 5.91. The minimum Gasteiger partial charge on any atom is -0.373 e. The highest BCUT2D eigenvalue weighted by Crippen LogP contribution is 2.34. The van der Waals surface area contributed by atoms with Crippen LogP contribution in [0.3, 0.4) is 0 Å². The lowest BCUT2D eigenvalue weighted by Crippen LogP contribution is -2.47. The van der Waals surface area contributed by atoms with Gasteiger partial charge in [-0.05, 0) is 50.2 Å². The molecule has 0 radical (unpaired) electrons. The molecule has 1 aromatic carbocycles. The lowest BCUT2D eigenvalue weighted by atomic mass is 9.96. The van der Waals surface area contributed by atoms with Crippen LogP contribution in [0.4, 0.5) is 0 Å². The average Bonchev–Trinajstić information content (AvgIpc) is 3.18. The number of rotatable bonds is 6. The van der Waals surface area contributed by atoms with Crippen molar-refractivity contribution in [2.45, 2.75) is 64.2 Å². The summed E-state index contributed by atoms with van der Waals surface area (Å²) < 4.78 is 5.91. The van der Waals surface area contributed by atoms with Gasteiger partial charge >= 0.3 is 0 Å². The second-order valence-corrected chi connectivity index (χ2v) is 6.54. The molecule has 1 aromatic rings. The molecule has 2 saturated heterocycles. The van der Waals surface area contributed by atoms with Crippen molar-refractivity contribution in [2.24, 2.45) is 4.99 Å². The van der Waals surface area contributed by atoms with E-state index in [-0.39, 0.29) is 0 Å². The van der Waals surface area contributed by atoms with Crippen LogP contribution in [0.25, 0.3) is 0 Å². The second kappa shape index (κ2) is 7.82. The van der Waals surface area contributed by atoms with Crippen LogP contribution in [0.15, 0.2) is 29.3 Å². The highest BCUT2D eigenvalue weighted by Gasteiger charge is 2.41. The van der Waals surface area contributed by atoms with E-state index >= 15 is 0 Å². The number of hydrogen-bond acceptors (Lipinski definition) is 2. The van der Waals surface area contributed by atoms with Crippen LogP contribution >= 0.6 is 0 Å². The molecule has 0 spiro atoms. The van der Waals surface area contributed by atoms with Gasteiger partial charge in [-0.25, -0.2) is 0 Å². The topological polar surface area (TPSA) is 45.7 Å². The first-order valence-corrected chi connectivity index (χ1v) is 9.06.